The van der Waals surface area contributed by atoms with Gasteiger partial charge < -0.3 is 16.2 Å². The van der Waals surface area contributed by atoms with E-state index in [-0.39, 0.29) is 0 Å². The van der Waals surface area contributed by atoms with Gasteiger partial charge in [-0.1, -0.05) is 61.4 Å². The molecule has 2 aromatic heterocycles. The van der Waals surface area contributed by atoms with Crippen LogP contribution >= 0.6 is 46.2 Å². The number of aromatic carboxylic acids is 1. The van der Waals surface area contributed by atoms with Crippen LogP contribution in [0, 0.1) is 0 Å². The predicted octanol–water partition coefficient (Wildman–Crippen LogP) is 8.47. The molecule has 1 aromatic carbocycles. The first kappa shape index (κ1) is 33.4. The van der Waals surface area contributed by atoms with E-state index in [9.17, 15) is 14.7 Å². The number of benzene rings is 1. The van der Waals surface area contributed by atoms with Crippen molar-refractivity contribution in [3.63, 3.8) is 0 Å². The molecule has 0 aliphatic rings. The Kier molecular flexibility index (Phi) is 16.5. The van der Waals surface area contributed by atoms with E-state index in [2.05, 4.69) is 24.9 Å². The first-order valence-electron chi connectivity index (χ1n) is 10.9. The Morgan fingerprint density at radius 1 is 1.17 bits per heavy atom. The molecular weight excluding hydrogens is 534 g/mol. The van der Waals surface area contributed by atoms with Gasteiger partial charge in [0.15, 0.2) is 6.29 Å². The summed E-state index contributed by atoms with van der Waals surface area (Å²) in [7, 11) is 1.71. The fourth-order valence-corrected chi connectivity index (χ4v) is 4.85. The van der Waals surface area contributed by atoms with Crippen molar-refractivity contribution < 1.29 is 14.7 Å². The largest absolute Gasteiger partial charge is 0.478 e. The van der Waals surface area contributed by atoms with Gasteiger partial charge in [-0.25, -0.2) is 4.79 Å². The van der Waals surface area contributed by atoms with Gasteiger partial charge in [-0.05, 0) is 50.4 Å². The summed E-state index contributed by atoms with van der Waals surface area (Å²) in [4.78, 5) is 22.2. The SMILES string of the molecule is C=C(C)/C(C)=C/C.CC.CNc1scc(-c2ccc(Cl)cc2)c1C(=O)O.NSc1c(C=O)csc1N. The maximum absolute atomic E-state index is 11.2. The summed E-state index contributed by atoms with van der Waals surface area (Å²) in [5.74, 6) is -0.930. The van der Waals surface area contributed by atoms with E-state index in [4.69, 9.17) is 22.5 Å². The average Bonchev–Trinajstić information content (AvgIpc) is 3.48. The number of carbonyl (C=O) groups is 2. The molecule has 196 valence electrons. The molecule has 0 amide bonds. The lowest BCUT2D eigenvalue weighted by Crippen LogP contribution is -2.00. The van der Waals surface area contributed by atoms with Gasteiger partial charge in [0.1, 0.15) is 15.6 Å². The van der Waals surface area contributed by atoms with Crippen LogP contribution in [0.25, 0.3) is 11.1 Å². The van der Waals surface area contributed by atoms with Crippen molar-refractivity contribution in [2.45, 2.75) is 39.5 Å². The Labute approximate surface area is 231 Å². The minimum Gasteiger partial charge on any atom is -0.478 e. The number of carboxylic acid groups (broad SMARTS) is 1. The second-order valence-corrected chi connectivity index (χ2v) is 9.66. The number of halogens is 1. The predicted molar refractivity (Wildman–Crippen MR) is 161 cm³/mol. The molecule has 6 nitrogen and oxygen atoms in total. The second-order valence-electron chi connectivity index (χ2n) is 6.79. The third-order valence-corrected chi connectivity index (χ3v) is 7.44. The van der Waals surface area contributed by atoms with Crippen molar-refractivity contribution in [2.75, 3.05) is 18.1 Å². The van der Waals surface area contributed by atoms with Crippen LogP contribution in [-0.2, 0) is 0 Å². The number of anilines is 2. The van der Waals surface area contributed by atoms with Gasteiger partial charge in [0.25, 0.3) is 0 Å². The maximum atomic E-state index is 11.2. The Balaban J connectivity index is 0.000000549. The molecule has 0 atom stereocenters. The van der Waals surface area contributed by atoms with Gasteiger partial charge in [-0.15, -0.1) is 22.7 Å². The summed E-state index contributed by atoms with van der Waals surface area (Å²) in [5, 5.41) is 22.8. The number of rotatable bonds is 6. The first-order chi connectivity index (χ1) is 17.1. The highest BCUT2D eigenvalue weighted by molar-refractivity contribution is 7.97. The monoisotopic (exact) mass is 567 g/mol. The van der Waals surface area contributed by atoms with Crippen LogP contribution in [0.1, 0.15) is 55.3 Å². The van der Waals surface area contributed by atoms with Crippen LogP contribution in [0.2, 0.25) is 5.02 Å². The molecule has 10 heteroatoms. The Bertz CT molecular complexity index is 1150. The topological polar surface area (TPSA) is 118 Å². The van der Waals surface area contributed by atoms with Crippen LogP contribution in [-0.4, -0.2) is 24.4 Å². The lowest BCUT2D eigenvalue weighted by Gasteiger charge is -2.03. The van der Waals surface area contributed by atoms with Crippen molar-refractivity contribution in [1.82, 2.24) is 0 Å². The van der Waals surface area contributed by atoms with Gasteiger partial charge in [0.05, 0.1) is 4.90 Å². The lowest BCUT2D eigenvalue weighted by molar-refractivity contribution is 0.0699. The zero-order chi connectivity index (χ0) is 27.8. The van der Waals surface area contributed by atoms with E-state index in [1.165, 1.54) is 28.2 Å². The Morgan fingerprint density at radius 2 is 1.75 bits per heavy atom. The average molecular weight is 568 g/mol. The zero-order valence-corrected chi connectivity index (χ0v) is 24.6. The van der Waals surface area contributed by atoms with E-state index < -0.39 is 5.97 Å². The smallest absolute Gasteiger partial charge is 0.339 e. The third-order valence-electron chi connectivity index (χ3n) is 4.54. The number of nitrogens with one attached hydrogen (secondary N) is 1. The molecule has 0 radical (unpaired) electrons. The number of hydrogen-bond acceptors (Lipinski definition) is 8. The molecule has 0 aliphatic heterocycles. The highest BCUT2D eigenvalue weighted by Gasteiger charge is 2.18. The molecule has 0 saturated heterocycles. The summed E-state index contributed by atoms with van der Waals surface area (Å²) in [6.45, 7) is 13.8. The second kappa shape index (κ2) is 17.8. The van der Waals surface area contributed by atoms with E-state index >= 15 is 0 Å². The summed E-state index contributed by atoms with van der Waals surface area (Å²) >= 11 is 9.52. The number of carboxylic acids is 1. The molecule has 6 N–H and O–H groups in total. The van der Waals surface area contributed by atoms with Gasteiger partial charge in [0, 0.05) is 34.0 Å². The molecule has 3 aromatic rings. The highest BCUT2D eigenvalue weighted by atomic mass is 35.5. The number of nitrogen functional groups attached to an aromatic ring is 1. The number of aldehydes is 1. The van der Waals surface area contributed by atoms with E-state index in [1.807, 2.05) is 45.2 Å². The quantitative estimate of drug-likeness (QED) is 0.134. The standard InChI is InChI=1S/C12H10ClNO2S.C7H12.C5H6N2OS2.C2H6/c1-14-11-10(12(15)16)9(6-17-11)7-2-4-8(13)5-3-7;1-5-7(4)6(2)3;6-5-4(10-7)3(1-8)2-9-5;1-2/h2-6,14H,1H3,(H,15,16);5H,2H2,1,3-4H3;1-2H,6-7H2;1-2H3/b;7-5+;;. The number of thiophene rings is 2. The minimum atomic E-state index is -0.930. The van der Waals surface area contributed by atoms with Crippen LogP contribution in [0.15, 0.2) is 63.7 Å². The fourth-order valence-electron chi connectivity index (χ4n) is 2.43. The molecule has 0 fully saturated rings. The molecule has 36 heavy (non-hydrogen) atoms. The number of allylic oxidation sites excluding steroid dienone is 3. The summed E-state index contributed by atoms with van der Waals surface area (Å²) in [6, 6.07) is 7.13. The molecule has 0 spiro atoms. The van der Waals surface area contributed by atoms with E-state index in [0.717, 1.165) is 29.4 Å². The van der Waals surface area contributed by atoms with E-state index in [0.29, 0.717) is 36.6 Å². The molecular formula is C26H34ClN3O3S3. The molecule has 3 rings (SSSR count). The third kappa shape index (κ3) is 10.2. The Morgan fingerprint density at radius 3 is 2.11 bits per heavy atom. The van der Waals surface area contributed by atoms with Crippen LogP contribution in [0.3, 0.4) is 0 Å². The molecule has 0 aliphatic carbocycles. The van der Waals surface area contributed by atoms with Crippen LogP contribution in [0.4, 0.5) is 10.0 Å². The number of carbonyl (C=O) groups excluding carboxylic acids is 1. The van der Waals surface area contributed by atoms with Crippen molar-refractivity contribution in [3.05, 3.63) is 75.0 Å². The van der Waals surface area contributed by atoms with Gasteiger partial charge in [0.2, 0.25) is 0 Å². The van der Waals surface area contributed by atoms with Crippen molar-refractivity contribution in [3.8, 4) is 11.1 Å². The first-order valence-corrected chi connectivity index (χ1v) is 13.9. The maximum Gasteiger partial charge on any atom is 0.339 e. The highest BCUT2D eigenvalue weighted by Crippen LogP contribution is 2.35. The fraction of sp³-hybridized carbons (Fsp3) is 0.231. The van der Waals surface area contributed by atoms with Crippen LogP contribution in [0.5, 0.6) is 0 Å². The number of nitrogens with two attached hydrogens (primary N) is 2. The normalized spacial score (nSPS) is 9.94. The number of hydrogen-bond donors (Lipinski definition) is 4. The van der Waals surface area contributed by atoms with Crippen molar-refractivity contribution >= 4 is 68.5 Å². The van der Waals surface area contributed by atoms with Gasteiger partial charge in [-0.2, -0.15) is 0 Å². The minimum absolute atomic E-state index is 0.305. The zero-order valence-electron chi connectivity index (χ0n) is 21.3. The van der Waals surface area contributed by atoms with Gasteiger partial charge >= 0.3 is 5.97 Å². The molecule has 0 unspecified atom stereocenters. The summed E-state index contributed by atoms with van der Waals surface area (Å²) in [5.41, 5.74) is 10.4. The molecule has 0 saturated carbocycles. The summed E-state index contributed by atoms with van der Waals surface area (Å²) < 4.78 is 0. The molecule has 2 heterocycles. The lowest BCUT2D eigenvalue weighted by atomic mass is 10.0. The van der Waals surface area contributed by atoms with Crippen molar-refractivity contribution in [2.24, 2.45) is 5.14 Å². The van der Waals surface area contributed by atoms with E-state index in [1.54, 1.807) is 24.6 Å². The summed E-state index contributed by atoms with van der Waals surface area (Å²) in [6.07, 6.45) is 2.81. The van der Waals surface area contributed by atoms with Crippen molar-refractivity contribution in [1.29, 1.82) is 0 Å². The molecule has 0 bridgehead atoms. The van der Waals surface area contributed by atoms with Crippen LogP contribution < -0.4 is 16.2 Å². The Hall–Kier alpha value is -2.56. The van der Waals surface area contributed by atoms with Gasteiger partial charge in [-0.3, -0.25) is 9.93 Å².